The molecule has 0 N–H and O–H groups in total. The van der Waals surface area contributed by atoms with E-state index in [4.69, 9.17) is 4.74 Å². The number of nitrogens with zero attached hydrogens (tertiary/aromatic N) is 2. The highest BCUT2D eigenvalue weighted by Gasteiger charge is 2.08. The van der Waals surface area contributed by atoms with Gasteiger partial charge in [-0.3, -0.25) is 0 Å². The molecule has 0 radical (unpaired) electrons. The standard InChI is InChI=1S/C15H24N2O2.2CH2I2/c1-5-17(6-2)11-12-19-15(18)13-7-9-14(10-8-13)16(3)4;2*2-1-3/h7-10H,5-6,11-12H2,1-4H3;2*1H2. The second kappa shape index (κ2) is 20.1. The van der Waals surface area contributed by atoms with Gasteiger partial charge in [-0.25, -0.2) is 4.79 Å². The van der Waals surface area contributed by atoms with Gasteiger partial charge in [0.05, 0.1) is 10.4 Å². The number of likely N-dealkylation sites (N-methyl/N-ethyl adjacent to an activating group) is 1. The van der Waals surface area contributed by atoms with Gasteiger partial charge in [0, 0.05) is 26.3 Å². The van der Waals surface area contributed by atoms with Crippen molar-refractivity contribution in [2.45, 2.75) is 13.8 Å². The van der Waals surface area contributed by atoms with E-state index in [1.165, 1.54) is 4.87 Å². The first-order valence-corrected chi connectivity index (χ1v) is 13.9. The molecule has 0 aliphatic rings. The molecule has 0 aliphatic carbocycles. The lowest BCUT2D eigenvalue weighted by atomic mass is 10.2. The Hall–Kier alpha value is 1.37. The summed E-state index contributed by atoms with van der Waals surface area (Å²) in [6.45, 7) is 7.39. The molecule has 0 bridgehead atoms. The maximum absolute atomic E-state index is 11.8. The summed E-state index contributed by atoms with van der Waals surface area (Å²) in [6.07, 6.45) is 0. The van der Waals surface area contributed by atoms with Crippen molar-refractivity contribution in [1.82, 2.24) is 4.90 Å². The Morgan fingerprint density at radius 1 is 0.960 bits per heavy atom. The number of anilines is 1. The topological polar surface area (TPSA) is 32.8 Å². The summed E-state index contributed by atoms with van der Waals surface area (Å²) < 4.78 is 7.65. The monoisotopic (exact) mass is 800 g/mol. The van der Waals surface area contributed by atoms with E-state index >= 15 is 0 Å². The smallest absolute Gasteiger partial charge is 0.338 e. The van der Waals surface area contributed by atoms with E-state index in [1.807, 2.05) is 31.1 Å². The summed E-state index contributed by atoms with van der Waals surface area (Å²) in [7, 11) is 3.94. The van der Waals surface area contributed by atoms with Crippen molar-refractivity contribution in [1.29, 1.82) is 0 Å². The number of hydrogen-bond donors (Lipinski definition) is 0. The highest BCUT2D eigenvalue weighted by Crippen LogP contribution is 2.12. The quantitative estimate of drug-likeness (QED) is 0.196. The molecule has 4 nitrogen and oxygen atoms in total. The first-order chi connectivity index (χ1) is 11.9. The van der Waals surface area contributed by atoms with Crippen LogP contribution in [0.5, 0.6) is 0 Å². The van der Waals surface area contributed by atoms with Gasteiger partial charge in [-0.1, -0.05) is 104 Å². The maximum atomic E-state index is 11.8. The molecule has 1 rings (SSSR count). The molecule has 0 heterocycles. The Morgan fingerprint density at radius 2 is 1.40 bits per heavy atom. The van der Waals surface area contributed by atoms with Crippen LogP contribution in [0.25, 0.3) is 0 Å². The number of ether oxygens (including phenoxy) is 1. The molecule has 0 saturated heterocycles. The van der Waals surface area contributed by atoms with Gasteiger partial charge in [-0.15, -0.1) is 0 Å². The minimum atomic E-state index is -0.252. The van der Waals surface area contributed by atoms with E-state index in [2.05, 4.69) is 109 Å². The zero-order chi connectivity index (χ0) is 19.7. The van der Waals surface area contributed by atoms with E-state index in [1.54, 1.807) is 12.1 Å². The second-order valence-electron chi connectivity index (χ2n) is 4.81. The normalized spacial score (nSPS) is 9.48. The third-order valence-electron chi connectivity index (χ3n) is 3.15. The molecule has 8 heteroatoms. The molecule has 0 amide bonds. The summed E-state index contributed by atoms with van der Waals surface area (Å²) in [5.41, 5.74) is 1.67. The van der Waals surface area contributed by atoms with Gasteiger partial charge < -0.3 is 14.5 Å². The predicted octanol–water partition coefficient (Wildman–Crippen LogP) is 5.88. The van der Waals surface area contributed by atoms with Gasteiger partial charge in [-0.05, 0) is 37.4 Å². The van der Waals surface area contributed by atoms with Crippen LogP contribution in [-0.2, 0) is 4.74 Å². The molecule has 0 aliphatic heterocycles. The number of carbonyl (C=O) groups excluding carboxylic acids is 1. The number of benzene rings is 1. The average Bonchev–Trinajstić information content (AvgIpc) is 2.60. The minimum Gasteiger partial charge on any atom is -0.461 e. The summed E-state index contributed by atoms with van der Waals surface area (Å²) in [4.78, 5) is 16.0. The van der Waals surface area contributed by atoms with Crippen LogP contribution in [0, 0.1) is 0 Å². The number of halogens is 4. The zero-order valence-corrected chi connectivity index (χ0v) is 23.9. The maximum Gasteiger partial charge on any atom is 0.338 e. The lowest BCUT2D eigenvalue weighted by Gasteiger charge is -2.17. The number of esters is 1. The van der Waals surface area contributed by atoms with E-state index in [9.17, 15) is 4.79 Å². The largest absolute Gasteiger partial charge is 0.461 e. The summed E-state index contributed by atoms with van der Waals surface area (Å²) in [5.74, 6) is -0.252. The SMILES string of the molecule is CCN(CC)CCOC(=O)c1ccc(N(C)C)cc1.ICI.ICI. The molecular formula is C17H28I4N2O2. The first kappa shape index (κ1) is 28.6. The van der Waals surface area contributed by atoms with Gasteiger partial charge in [0.2, 0.25) is 0 Å². The molecule has 0 fully saturated rings. The fourth-order valence-corrected chi connectivity index (χ4v) is 1.79. The minimum absolute atomic E-state index is 0.252. The average molecular weight is 800 g/mol. The van der Waals surface area contributed by atoms with Crippen LogP contribution < -0.4 is 4.90 Å². The van der Waals surface area contributed by atoms with Crippen LogP contribution in [0.2, 0.25) is 0 Å². The van der Waals surface area contributed by atoms with Gasteiger partial charge in [0.25, 0.3) is 0 Å². The van der Waals surface area contributed by atoms with Crippen molar-refractivity contribution in [3.05, 3.63) is 29.8 Å². The molecule has 146 valence electrons. The van der Waals surface area contributed by atoms with Crippen molar-refractivity contribution in [3.8, 4) is 0 Å². The Bertz CT molecular complexity index is 425. The van der Waals surface area contributed by atoms with E-state index in [-0.39, 0.29) is 5.97 Å². The van der Waals surface area contributed by atoms with Crippen molar-refractivity contribution in [3.63, 3.8) is 0 Å². The van der Waals surface area contributed by atoms with Crippen LogP contribution in [0.15, 0.2) is 24.3 Å². The van der Waals surface area contributed by atoms with E-state index in [0.717, 1.165) is 25.3 Å². The fourth-order valence-electron chi connectivity index (χ4n) is 1.79. The highest BCUT2D eigenvalue weighted by molar-refractivity contribution is 14.2. The Balaban J connectivity index is 0. The molecule has 0 atom stereocenters. The van der Waals surface area contributed by atoms with Crippen LogP contribution in [0.1, 0.15) is 24.2 Å². The Labute approximate surface area is 207 Å². The van der Waals surface area contributed by atoms with Crippen molar-refractivity contribution < 1.29 is 9.53 Å². The first-order valence-electron chi connectivity index (χ1n) is 7.82. The van der Waals surface area contributed by atoms with Crippen LogP contribution in [0.3, 0.4) is 0 Å². The fraction of sp³-hybridized carbons (Fsp3) is 0.588. The van der Waals surface area contributed by atoms with E-state index < -0.39 is 0 Å². The molecule has 0 aromatic heterocycles. The lowest BCUT2D eigenvalue weighted by molar-refractivity contribution is 0.0466. The van der Waals surface area contributed by atoms with Gasteiger partial charge in [-0.2, -0.15) is 0 Å². The molecule has 25 heavy (non-hydrogen) atoms. The molecule has 0 unspecified atom stereocenters. The molecule has 1 aromatic carbocycles. The van der Waals surface area contributed by atoms with E-state index in [0.29, 0.717) is 12.2 Å². The summed E-state index contributed by atoms with van der Waals surface area (Å²) in [5, 5.41) is 0. The lowest BCUT2D eigenvalue weighted by Crippen LogP contribution is -2.27. The second-order valence-corrected chi connectivity index (χ2v) is 13.7. The predicted molar refractivity (Wildman–Crippen MR) is 145 cm³/mol. The summed E-state index contributed by atoms with van der Waals surface area (Å²) >= 11 is 9.10. The Kier molecular flexibility index (Phi) is 23.0. The highest BCUT2D eigenvalue weighted by atomic mass is 127. The van der Waals surface area contributed by atoms with Gasteiger partial charge in [0.1, 0.15) is 6.61 Å². The Morgan fingerprint density at radius 3 is 1.76 bits per heavy atom. The summed E-state index contributed by atoms with van der Waals surface area (Å²) in [6, 6.07) is 7.44. The number of carbonyl (C=O) groups is 1. The number of hydrogen-bond acceptors (Lipinski definition) is 4. The van der Waals surface area contributed by atoms with Crippen molar-refractivity contribution in [2.75, 3.05) is 50.1 Å². The number of alkyl halides is 4. The zero-order valence-electron chi connectivity index (χ0n) is 15.3. The number of rotatable bonds is 7. The molecule has 1 aromatic rings. The molecule has 0 saturated carbocycles. The third-order valence-corrected chi connectivity index (χ3v) is 3.15. The van der Waals surface area contributed by atoms with Gasteiger partial charge in [0.15, 0.2) is 0 Å². The molecule has 0 spiro atoms. The van der Waals surface area contributed by atoms with Crippen LogP contribution in [-0.4, -0.2) is 56.1 Å². The van der Waals surface area contributed by atoms with Crippen molar-refractivity contribution in [2.24, 2.45) is 0 Å². The van der Waals surface area contributed by atoms with Crippen molar-refractivity contribution >= 4 is 102 Å². The third kappa shape index (κ3) is 16.1. The molecular weight excluding hydrogens is 772 g/mol. The van der Waals surface area contributed by atoms with Crippen LogP contribution >= 0.6 is 90.4 Å². The van der Waals surface area contributed by atoms with Gasteiger partial charge >= 0.3 is 5.97 Å². The van der Waals surface area contributed by atoms with Crippen LogP contribution in [0.4, 0.5) is 5.69 Å².